The zero-order valence-corrected chi connectivity index (χ0v) is 17.4. The molecule has 0 aromatic heterocycles. The van der Waals surface area contributed by atoms with Crippen molar-refractivity contribution in [2.75, 3.05) is 33.7 Å². The molecule has 0 bridgehead atoms. The summed E-state index contributed by atoms with van der Waals surface area (Å²) >= 11 is 0. The van der Waals surface area contributed by atoms with Gasteiger partial charge >= 0.3 is 0 Å². The first-order valence-electron chi connectivity index (χ1n) is 10.1. The van der Waals surface area contributed by atoms with Crippen LogP contribution in [0.1, 0.15) is 34.1 Å². The molecule has 2 aliphatic heterocycles. The van der Waals surface area contributed by atoms with Crippen LogP contribution in [0.2, 0.25) is 0 Å². The fraction of sp³-hybridized carbons (Fsp3) is 0.478. The molecule has 2 aliphatic rings. The largest absolute Gasteiger partial charge is 0.352 e. The molecule has 0 saturated carbocycles. The van der Waals surface area contributed by atoms with Gasteiger partial charge in [0.15, 0.2) is 0 Å². The Hall–Kier alpha value is -2.36. The number of fused-ring (bicyclic) bond motifs is 2. The van der Waals surface area contributed by atoms with Gasteiger partial charge in [-0.2, -0.15) is 0 Å². The van der Waals surface area contributed by atoms with Gasteiger partial charge in [-0.3, -0.25) is 0 Å². The van der Waals surface area contributed by atoms with Crippen molar-refractivity contribution in [3.8, 4) is 0 Å². The van der Waals surface area contributed by atoms with Crippen molar-refractivity contribution in [2.45, 2.75) is 58.5 Å². The van der Waals surface area contributed by atoms with Crippen LogP contribution >= 0.6 is 0 Å². The SMILES string of the molecule is CC(C)N1c2ccccc2N(C)C1CC1N(C)c2ccccc2N1C(C)C. The third kappa shape index (κ3) is 2.73. The average Bonchev–Trinajstić information content (AvgIpc) is 3.09. The number of hydrogen-bond acceptors (Lipinski definition) is 4. The molecular weight excluding hydrogens is 332 g/mol. The van der Waals surface area contributed by atoms with Crippen LogP contribution in [0.15, 0.2) is 48.5 Å². The molecule has 4 heteroatoms. The smallest absolute Gasteiger partial charge is 0.105 e. The number of para-hydroxylation sites is 4. The second-order valence-corrected chi connectivity index (χ2v) is 8.40. The summed E-state index contributed by atoms with van der Waals surface area (Å²) in [5, 5.41) is 0. The van der Waals surface area contributed by atoms with Gasteiger partial charge in [0.05, 0.1) is 22.7 Å². The first-order valence-corrected chi connectivity index (χ1v) is 10.1. The fourth-order valence-electron chi connectivity index (χ4n) is 4.95. The topological polar surface area (TPSA) is 13.0 Å². The molecule has 27 heavy (non-hydrogen) atoms. The molecule has 0 radical (unpaired) electrons. The molecule has 2 atom stereocenters. The maximum absolute atomic E-state index is 2.59. The van der Waals surface area contributed by atoms with Gasteiger partial charge in [0, 0.05) is 32.6 Å². The average molecular weight is 365 g/mol. The molecule has 0 aliphatic carbocycles. The lowest BCUT2D eigenvalue weighted by Gasteiger charge is -2.41. The van der Waals surface area contributed by atoms with Crippen molar-refractivity contribution in [3.05, 3.63) is 48.5 Å². The maximum atomic E-state index is 2.59. The Morgan fingerprint density at radius 3 is 1.30 bits per heavy atom. The van der Waals surface area contributed by atoms with E-state index in [9.17, 15) is 0 Å². The van der Waals surface area contributed by atoms with Gasteiger partial charge in [0.2, 0.25) is 0 Å². The number of nitrogens with zero attached hydrogens (tertiary/aromatic N) is 4. The van der Waals surface area contributed by atoms with Crippen molar-refractivity contribution in [3.63, 3.8) is 0 Å². The Balaban J connectivity index is 1.69. The number of benzene rings is 2. The molecule has 0 fully saturated rings. The van der Waals surface area contributed by atoms with E-state index in [4.69, 9.17) is 0 Å². The number of anilines is 4. The van der Waals surface area contributed by atoms with E-state index in [2.05, 4.69) is 110 Å². The van der Waals surface area contributed by atoms with Crippen molar-refractivity contribution < 1.29 is 0 Å². The van der Waals surface area contributed by atoms with Gasteiger partial charge in [-0.1, -0.05) is 24.3 Å². The van der Waals surface area contributed by atoms with Crippen LogP contribution in [0.5, 0.6) is 0 Å². The minimum atomic E-state index is 0.352. The van der Waals surface area contributed by atoms with Crippen molar-refractivity contribution in [1.82, 2.24) is 0 Å². The van der Waals surface area contributed by atoms with E-state index < -0.39 is 0 Å². The summed E-state index contributed by atoms with van der Waals surface area (Å²) in [4.78, 5) is 10.1. The third-order valence-electron chi connectivity index (χ3n) is 6.15. The Bertz CT molecular complexity index is 748. The highest BCUT2D eigenvalue weighted by Gasteiger charge is 2.42. The number of rotatable bonds is 4. The minimum Gasteiger partial charge on any atom is -0.352 e. The maximum Gasteiger partial charge on any atom is 0.105 e. The molecule has 4 rings (SSSR count). The summed E-state index contributed by atoms with van der Waals surface area (Å²) in [5.41, 5.74) is 5.39. The van der Waals surface area contributed by atoms with E-state index in [1.165, 1.54) is 22.7 Å². The van der Waals surface area contributed by atoms with Gasteiger partial charge in [-0.05, 0) is 52.0 Å². The quantitative estimate of drug-likeness (QED) is 0.775. The lowest BCUT2D eigenvalue weighted by atomic mass is 10.1. The third-order valence-corrected chi connectivity index (χ3v) is 6.15. The van der Waals surface area contributed by atoms with Crippen LogP contribution in [0.3, 0.4) is 0 Å². The monoisotopic (exact) mass is 364 g/mol. The van der Waals surface area contributed by atoms with Crippen LogP contribution in [0, 0.1) is 0 Å². The fourth-order valence-corrected chi connectivity index (χ4v) is 4.95. The van der Waals surface area contributed by atoms with Crippen LogP contribution < -0.4 is 19.6 Å². The van der Waals surface area contributed by atoms with Crippen LogP contribution in [-0.4, -0.2) is 38.5 Å². The van der Waals surface area contributed by atoms with E-state index in [-0.39, 0.29) is 0 Å². The van der Waals surface area contributed by atoms with E-state index in [0.29, 0.717) is 24.4 Å². The van der Waals surface area contributed by atoms with E-state index >= 15 is 0 Å². The molecule has 2 heterocycles. The summed E-state index contributed by atoms with van der Waals surface area (Å²) in [6.07, 6.45) is 1.77. The highest BCUT2D eigenvalue weighted by atomic mass is 15.5. The van der Waals surface area contributed by atoms with Crippen molar-refractivity contribution in [1.29, 1.82) is 0 Å². The second-order valence-electron chi connectivity index (χ2n) is 8.40. The van der Waals surface area contributed by atoms with Gasteiger partial charge < -0.3 is 19.6 Å². The zero-order valence-electron chi connectivity index (χ0n) is 17.4. The molecule has 0 amide bonds. The van der Waals surface area contributed by atoms with E-state index in [0.717, 1.165) is 6.42 Å². The molecule has 0 spiro atoms. The van der Waals surface area contributed by atoms with Gasteiger partial charge in [0.1, 0.15) is 12.3 Å². The Morgan fingerprint density at radius 2 is 0.963 bits per heavy atom. The summed E-state index contributed by atoms with van der Waals surface area (Å²) in [5.74, 6) is 0. The predicted molar refractivity (Wildman–Crippen MR) is 117 cm³/mol. The first-order chi connectivity index (χ1) is 12.9. The Labute approximate surface area is 164 Å². The highest BCUT2D eigenvalue weighted by Crippen LogP contribution is 2.45. The lowest BCUT2D eigenvalue weighted by molar-refractivity contribution is 0.446. The molecule has 2 aromatic carbocycles. The van der Waals surface area contributed by atoms with Gasteiger partial charge in [0.25, 0.3) is 0 Å². The molecule has 2 aromatic rings. The van der Waals surface area contributed by atoms with E-state index in [1.54, 1.807) is 0 Å². The minimum absolute atomic E-state index is 0.352. The first kappa shape index (κ1) is 18.0. The molecule has 0 N–H and O–H groups in total. The lowest BCUT2D eigenvalue weighted by Crippen LogP contribution is -2.53. The summed E-state index contributed by atoms with van der Waals surface area (Å²) in [7, 11) is 4.49. The Morgan fingerprint density at radius 1 is 0.630 bits per heavy atom. The predicted octanol–water partition coefficient (Wildman–Crippen LogP) is 4.76. The second kappa shape index (κ2) is 6.66. The summed E-state index contributed by atoms with van der Waals surface area (Å²) < 4.78 is 0. The molecule has 144 valence electrons. The summed E-state index contributed by atoms with van der Waals surface area (Å²) in [6.45, 7) is 9.21. The molecule has 0 saturated heterocycles. The van der Waals surface area contributed by atoms with Gasteiger partial charge in [-0.15, -0.1) is 0 Å². The normalized spacial score (nSPS) is 21.5. The molecule has 2 unspecified atom stereocenters. The number of hydrogen-bond donors (Lipinski definition) is 0. The van der Waals surface area contributed by atoms with Crippen LogP contribution in [0.25, 0.3) is 0 Å². The molecule has 4 nitrogen and oxygen atoms in total. The molecular formula is C23H32N4. The van der Waals surface area contributed by atoms with Crippen LogP contribution in [0.4, 0.5) is 22.7 Å². The van der Waals surface area contributed by atoms with E-state index in [1.807, 2.05) is 0 Å². The zero-order chi connectivity index (χ0) is 19.3. The van der Waals surface area contributed by atoms with Crippen molar-refractivity contribution >= 4 is 22.7 Å². The van der Waals surface area contributed by atoms with Gasteiger partial charge in [-0.25, -0.2) is 0 Å². The standard InChI is InChI=1S/C23H32N4/c1-16(2)26-20-13-9-7-11-18(20)24(5)22(26)15-23-25(6)19-12-8-10-14-21(19)27(23)17(3)4/h7-14,16-17,22-23H,15H2,1-6H3. The summed E-state index contributed by atoms with van der Waals surface area (Å²) in [6, 6.07) is 18.5. The Kier molecular flexibility index (Phi) is 4.45. The highest BCUT2D eigenvalue weighted by molar-refractivity contribution is 5.79. The van der Waals surface area contributed by atoms with Crippen LogP contribution in [-0.2, 0) is 0 Å². The van der Waals surface area contributed by atoms with Crippen molar-refractivity contribution in [2.24, 2.45) is 0 Å².